The highest BCUT2D eigenvalue weighted by Crippen LogP contribution is 2.37. The van der Waals surface area contributed by atoms with E-state index in [-0.39, 0.29) is 17.1 Å². The van der Waals surface area contributed by atoms with E-state index in [1.54, 1.807) is 0 Å². The first kappa shape index (κ1) is 22.0. The molecule has 3 aromatic rings. The molecule has 1 fully saturated rings. The molecule has 1 aliphatic heterocycles. The van der Waals surface area contributed by atoms with Crippen molar-refractivity contribution in [1.29, 1.82) is 0 Å². The number of likely N-dealkylation sites (tertiary alicyclic amines) is 1. The van der Waals surface area contributed by atoms with Crippen molar-refractivity contribution >= 4 is 18.7 Å². The van der Waals surface area contributed by atoms with E-state index in [1.807, 2.05) is 0 Å². The largest absolute Gasteiger partial charge is 0.406 e. The first-order valence-corrected chi connectivity index (χ1v) is 13.1. The lowest BCUT2D eigenvalue weighted by atomic mass is 9.97. The smallest absolute Gasteiger partial charge is 0.261 e. The fourth-order valence-corrected chi connectivity index (χ4v) is 9.44. The van der Waals surface area contributed by atoms with Gasteiger partial charge in [-0.25, -0.2) is 0 Å². The molecule has 0 aliphatic carbocycles. The molecule has 1 saturated heterocycles. The summed E-state index contributed by atoms with van der Waals surface area (Å²) in [6.45, 7) is 9.46. The molecule has 0 amide bonds. The van der Waals surface area contributed by atoms with Gasteiger partial charge < -0.3 is 10.2 Å². The highest BCUT2D eigenvalue weighted by atomic mass is 28.4. The summed E-state index contributed by atoms with van der Waals surface area (Å²) in [6, 6.07) is 32.7. The SMILES string of the molecule is CC(C)(C)[Si](OC[C@H]1[C@H](N)CN1Cc1ccccc1)(c1ccccc1)c1ccccc1. The lowest BCUT2D eigenvalue weighted by Crippen LogP contribution is -2.70. The molecule has 2 N–H and O–H groups in total. The zero-order chi connectivity index (χ0) is 21.9. The van der Waals surface area contributed by atoms with Crippen LogP contribution in [-0.4, -0.2) is 38.5 Å². The zero-order valence-electron chi connectivity index (χ0n) is 18.9. The van der Waals surface area contributed by atoms with E-state index in [4.69, 9.17) is 10.2 Å². The maximum Gasteiger partial charge on any atom is 0.261 e. The number of rotatable bonds is 7. The Kier molecular flexibility index (Phi) is 6.44. The van der Waals surface area contributed by atoms with Crippen molar-refractivity contribution < 1.29 is 4.43 Å². The van der Waals surface area contributed by atoms with Gasteiger partial charge in [0.15, 0.2) is 0 Å². The molecule has 3 nitrogen and oxygen atoms in total. The lowest BCUT2D eigenvalue weighted by Gasteiger charge is -2.49. The Morgan fingerprint density at radius 1 is 0.839 bits per heavy atom. The Morgan fingerprint density at radius 2 is 1.32 bits per heavy atom. The van der Waals surface area contributed by atoms with Gasteiger partial charge in [0.2, 0.25) is 0 Å². The number of nitrogens with zero attached hydrogens (tertiary/aromatic N) is 1. The summed E-state index contributed by atoms with van der Waals surface area (Å²) in [7, 11) is -2.53. The summed E-state index contributed by atoms with van der Waals surface area (Å²) in [5.74, 6) is 0. The van der Waals surface area contributed by atoms with Gasteiger partial charge >= 0.3 is 0 Å². The number of hydrogen-bond donors (Lipinski definition) is 1. The molecule has 162 valence electrons. The van der Waals surface area contributed by atoms with E-state index < -0.39 is 8.32 Å². The molecule has 31 heavy (non-hydrogen) atoms. The van der Waals surface area contributed by atoms with Gasteiger partial charge in [-0.3, -0.25) is 4.90 Å². The molecule has 1 aliphatic rings. The van der Waals surface area contributed by atoms with Gasteiger partial charge in [-0.1, -0.05) is 112 Å². The Balaban J connectivity index is 1.64. The van der Waals surface area contributed by atoms with Crippen LogP contribution >= 0.6 is 0 Å². The van der Waals surface area contributed by atoms with Crippen LogP contribution in [0.25, 0.3) is 0 Å². The minimum absolute atomic E-state index is 0.0200. The highest BCUT2D eigenvalue weighted by Gasteiger charge is 2.51. The summed E-state index contributed by atoms with van der Waals surface area (Å²) in [5, 5.41) is 2.61. The number of benzene rings is 3. The van der Waals surface area contributed by atoms with Crippen LogP contribution in [-0.2, 0) is 11.0 Å². The Hall–Kier alpha value is -2.24. The molecule has 0 bridgehead atoms. The number of nitrogens with two attached hydrogens (primary N) is 1. The van der Waals surface area contributed by atoms with Gasteiger partial charge in [-0.15, -0.1) is 0 Å². The maximum absolute atomic E-state index is 7.13. The van der Waals surface area contributed by atoms with Gasteiger partial charge in [0.25, 0.3) is 8.32 Å². The van der Waals surface area contributed by atoms with E-state index in [0.717, 1.165) is 13.1 Å². The molecule has 0 aromatic heterocycles. The Labute approximate surface area is 188 Å². The maximum atomic E-state index is 7.13. The van der Waals surface area contributed by atoms with Crippen molar-refractivity contribution in [1.82, 2.24) is 4.90 Å². The van der Waals surface area contributed by atoms with Gasteiger partial charge in [0.1, 0.15) is 0 Å². The van der Waals surface area contributed by atoms with Crippen LogP contribution in [0.15, 0.2) is 91.0 Å². The van der Waals surface area contributed by atoms with E-state index in [2.05, 4.69) is 117 Å². The highest BCUT2D eigenvalue weighted by molar-refractivity contribution is 6.99. The van der Waals surface area contributed by atoms with Crippen molar-refractivity contribution in [3.8, 4) is 0 Å². The average Bonchev–Trinajstić information content (AvgIpc) is 2.77. The summed E-state index contributed by atoms with van der Waals surface area (Å²) in [4.78, 5) is 2.46. The molecule has 0 radical (unpaired) electrons. The molecule has 0 unspecified atom stereocenters. The average molecular weight is 431 g/mol. The van der Waals surface area contributed by atoms with Crippen molar-refractivity contribution in [3.05, 3.63) is 96.6 Å². The van der Waals surface area contributed by atoms with Crippen molar-refractivity contribution in [3.63, 3.8) is 0 Å². The van der Waals surface area contributed by atoms with Gasteiger partial charge in [0.05, 0.1) is 6.61 Å². The van der Waals surface area contributed by atoms with E-state index >= 15 is 0 Å². The van der Waals surface area contributed by atoms with Crippen LogP contribution in [0.5, 0.6) is 0 Å². The molecule has 4 rings (SSSR count). The molecule has 0 spiro atoms. The monoisotopic (exact) mass is 430 g/mol. The van der Waals surface area contributed by atoms with Crippen molar-refractivity contribution in [2.24, 2.45) is 5.73 Å². The summed E-state index contributed by atoms with van der Waals surface area (Å²) in [6.07, 6.45) is 0. The van der Waals surface area contributed by atoms with Crippen LogP contribution in [0.2, 0.25) is 5.04 Å². The van der Waals surface area contributed by atoms with Gasteiger partial charge in [0, 0.05) is 25.2 Å². The molecular weight excluding hydrogens is 396 g/mol. The predicted octanol–water partition coefficient (Wildman–Crippen LogP) is 3.77. The Morgan fingerprint density at radius 3 is 1.77 bits per heavy atom. The van der Waals surface area contributed by atoms with E-state index in [0.29, 0.717) is 6.61 Å². The third-order valence-electron chi connectivity index (χ3n) is 6.52. The normalized spacial score (nSPS) is 19.7. The van der Waals surface area contributed by atoms with Crippen LogP contribution in [0.3, 0.4) is 0 Å². The number of hydrogen-bond acceptors (Lipinski definition) is 3. The second kappa shape index (κ2) is 9.09. The van der Waals surface area contributed by atoms with Crippen LogP contribution in [0, 0.1) is 0 Å². The topological polar surface area (TPSA) is 38.5 Å². The minimum Gasteiger partial charge on any atom is -0.406 e. The van der Waals surface area contributed by atoms with Crippen LogP contribution in [0.4, 0.5) is 0 Å². The third-order valence-corrected chi connectivity index (χ3v) is 11.5. The molecule has 4 heteroatoms. The fourth-order valence-electron chi connectivity index (χ4n) is 4.86. The predicted molar refractivity (Wildman–Crippen MR) is 132 cm³/mol. The summed E-state index contributed by atoms with van der Waals surface area (Å²) >= 11 is 0. The molecule has 2 atom stereocenters. The fraction of sp³-hybridized carbons (Fsp3) is 0.333. The lowest BCUT2D eigenvalue weighted by molar-refractivity contribution is 0.0184. The summed E-state index contributed by atoms with van der Waals surface area (Å²) in [5.41, 5.74) is 7.80. The third kappa shape index (κ3) is 4.39. The standard InChI is InChI=1S/C27H34N2OSi/c1-27(2,3)31(23-15-9-5-10-16-23,24-17-11-6-12-18-24)30-21-26-25(28)20-29(26)19-22-13-7-4-8-14-22/h4-18,25-26H,19-21,28H2,1-3H3/t25-,26+/m1/s1. The Bertz CT molecular complexity index is 917. The summed E-state index contributed by atoms with van der Waals surface area (Å²) < 4.78 is 7.13. The quantitative estimate of drug-likeness (QED) is 0.580. The van der Waals surface area contributed by atoms with Crippen molar-refractivity contribution in [2.75, 3.05) is 13.2 Å². The second-order valence-corrected chi connectivity index (χ2v) is 13.9. The second-order valence-electron chi connectivity index (χ2n) is 9.62. The van der Waals surface area contributed by atoms with Crippen LogP contribution < -0.4 is 16.1 Å². The van der Waals surface area contributed by atoms with E-state index in [9.17, 15) is 0 Å². The van der Waals surface area contributed by atoms with Crippen LogP contribution in [0.1, 0.15) is 26.3 Å². The van der Waals surface area contributed by atoms with Gasteiger partial charge in [-0.2, -0.15) is 0 Å². The van der Waals surface area contributed by atoms with E-state index in [1.165, 1.54) is 15.9 Å². The zero-order valence-corrected chi connectivity index (χ0v) is 19.9. The molecule has 0 saturated carbocycles. The molecule has 3 aromatic carbocycles. The minimum atomic E-state index is -2.53. The molecular formula is C27H34N2OSi. The first-order chi connectivity index (χ1) is 14.9. The van der Waals surface area contributed by atoms with Crippen molar-refractivity contribution in [2.45, 2.75) is 44.4 Å². The molecule has 1 heterocycles. The first-order valence-electron chi connectivity index (χ1n) is 11.2. The van der Waals surface area contributed by atoms with Gasteiger partial charge in [-0.05, 0) is 21.0 Å².